The molecule has 0 aliphatic carbocycles. The second-order valence-corrected chi connectivity index (χ2v) is 6.88. The maximum atomic E-state index is 4.68. The van der Waals surface area contributed by atoms with Gasteiger partial charge in [-0.3, -0.25) is 4.90 Å². The smallest absolute Gasteiger partial charge is 0.0926 e. The van der Waals surface area contributed by atoms with Gasteiger partial charge in [-0.1, -0.05) is 37.3 Å². The molecule has 3 nitrogen and oxygen atoms in total. The van der Waals surface area contributed by atoms with Crippen LogP contribution < -0.4 is 0 Å². The van der Waals surface area contributed by atoms with E-state index in [9.17, 15) is 0 Å². The topological polar surface area (TPSA) is 19.4 Å². The second kappa shape index (κ2) is 7.86. The first kappa shape index (κ1) is 15.7. The maximum Gasteiger partial charge on any atom is 0.0926 e. The van der Waals surface area contributed by atoms with E-state index < -0.39 is 0 Å². The third-order valence-corrected chi connectivity index (χ3v) is 5.35. The molecule has 0 N–H and O–H groups in total. The van der Waals surface area contributed by atoms with Crippen molar-refractivity contribution in [3.05, 3.63) is 52.0 Å². The van der Waals surface area contributed by atoms with Crippen molar-refractivity contribution >= 4 is 11.3 Å². The summed E-state index contributed by atoms with van der Waals surface area (Å²) in [5, 5.41) is 3.48. The summed E-state index contributed by atoms with van der Waals surface area (Å²) in [5.74, 6) is 0. The van der Waals surface area contributed by atoms with Crippen molar-refractivity contribution < 1.29 is 0 Å². The van der Waals surface area contributed by atoms with E-state index in [4.69, 9.17) is 0 Å². The summed E-state index contributed by atoms with van der Waals surface area (Å²) in [4.78, 5) is 9.80. The minimum Gasteiger partial charge on any atom is -0.300 e. The fourth-order valence-electron chi connectivity index (χ4n) is 2.92. The average Bonchev–Trinajstić information content (AvgIpc) is 3.03. The Morgan fingerprint density at radius 3 is 2.45 bits per heavy atom. The summed E-state index contributed by atoms with van der Waals surface area (Å²) in [6.07, 6.45) is 2.21. The molecular formula is C18H25N3S. The van der Waals surface area contributed by atoms with Gasteiger partial charge in [0.2, 0.25) is 0 Å². The Kier molecular flexibility index (Phi) is 5.59. The van der Waals surface area contributed by atoms with Gasteiger partial charge in [-0.2, -0.15) is 0 Å². The Hall–Kier alpha value is -1.23. The number of aryl methyl sites for hydroxylation is 1. The lowest BCUT2D eigenvalue weighted by Gasteiger charge is -2.34. The van der Waals surface area contributed by atoms with Crippen LogP contribution in [0, 0.1) is 0 Å². The lowest BCUT2D eigenvalue weighted by Crippen LogP contribution is -2.46. The van der Waals surface area contributed by atoms with Crippen molar-refractivity contribution in [2.45, 2.75) is 26.3 Å². The van der Waals surface area contributed by atoms with Crippen molar-refractivity contribution in [1.82, 2.24) is 14.8 Å². The normalized spacial score (nSPS) is 17.0. The van der Waals surface area contributed by atoms with Gasteiger partial charge in [0.05, 0.1) is 10.7 Å². The molecule has 1 aromatic carbocycles. The summed E-state index contributed by atoms with van der Waals surface area (Å²) in [6.45, 7) is 9.04. The number of benzene rings is 1. The number of piperazine rings is 1. The van der Waals surface area contributed by atoms with Crippen molar-refractivity contribution in [3.63, 3.8) is 0 Å². The molecule has 1 saturated heterocycles. The molecule has 1 aliphatic heterocycles. The zero-order valence-corrected chi connectivity index (χ0v) is 14.2. The molecule has 0 saturated carbocycles. The van der Waals surface area contributed by atoms with Gasteiger partial charge in [0.15, 0.2) is 0 Å². The highest BCUT2D eigenvalue weighted by Crippen LogP contribution is 2.14. The van der Waals surface area contributed by atoms with Crippen molar-refractivity contribution in [3.8, 4) is 0 Å². The standard InChI is InChI=1S/C18H25N3S/c1-2-18-19-17(15-22-18)14-21-12-10-20(11-13-21)9-8-16-6-4-3-5-7-16/h3-7,15H,2,8-14H2,1H3. The van der Waals surface area contributed by atoms with Gasteiger partial charge in [0.25, 0.3) is 0 Å². The van der Waals surface area contributed by atoms with Gasteiger partial charge in [-0.05, 0) is 18.4 Å². The quantitative estimate of drug-likeness (QED) is 0.817. The van der Waals surface area contributed by atoms with E-state index in [1.165, 1.54) is 35.9 Å². The van der Waals surface area contributed by atoms with Crippen LogP contribution in [0.4, 0.5) is 0 Å². The van der Waals surface area contributed by atoms with E-state index in [1.54, 1.807) is 11.3 Å². The molecule has 2 heterocycles. The van der Waals surface area contributed by atoms with Gasteiger partial charge >= 0.3 is 0 Å². The zero-order valence-electron chi connectivity index (χ0n) is 13.4. The van der Waals surface area contributed by atoms with Crippen molar-refractivity contribution in [2.75, 3.05) is 32.7 Å². The van der Waals surface area contributed by atoms with Crippen LogP contribution in [0.3, 0.4) is 0 Å². The Morgan fingerprint density at radius 2 is 1.77 bits per heavy atom. The molecule has 1 fully saturated rings. The van der Waals surface area contributed by atoms with Crippen LogP contribution in [0.5, 0.6) is 0 Å². The fraction of sp³-hybridized carbons (Fsp3) is 0.500. The van der Waals surface area contributed by atoms with Gasteiger partial charge in [0, 0.05) is 44.6 Å². The molecule has 0 spiro atoms. The number of nitrogens with zero attached hydrogens (tertiary/aromatic N) is 3. The molecule has 0 unspecified atom stereocenters. The minimum absolute atomic E-state index is 1.02. The Labute approximate surface area is 137 Å². The van der Waals surface area contributed by atoms with E-state index in [1.807, 2.05) is 0 Å². The van der Waals surface area contributed by atoms with Gasteiger partial charge in [-0.15, -0.1) is 11.3 Å². The summed E-state index contributed by atoms with van der Waals surface area (Å²) < 4.78 is 0. The predicted molar refractivity (Wildman–Crippen MR) is 93.4 cm³/mol. The molecule has 2 aromatic rings. The zero-order chi connectivity index (χ0) is 15.2. The summed E-state index contributed by atoms with van der Waals surface area (Å²) >= 11 is 1.80. The Bertz CT molecular complexity index is 559. The molecule has 0 bridgehead atoms. The van der Waals surface area contributed by atoms with Crippen molar-refractivity contribution in [2.24, 2.45) is 0 Å². The first-order chi connectivity index (χ1) is 10.8. The monoisotopic (exact) mass is 315 g/mol. The van der Waals surface area contributed by atoms with Gasteiger partial charge < -0.3 is 4.90 Å². The average molecular weight is 315 g/mol. The van der Waals surface area contributed by atoms with Crippen LogP contribution in [-0.2, 0) is 19.4 Å². The lowest BCUT2D eigenvalue weighted by molar-refractivity contribution is 0.127. The molecule has 4 heteroatoms. The van der Waals surface area contributed by atoms with E-state index in [0.717, 1.165) is 32.5 Å². The van der Waals surface area contributed by atoms with Crippen molar-refractivity contribution in [1.29, 1.82) is 0 Å². The molecule has 1 aromatic heterocycles. The number of hydrogen-bond donors (Lipinski definition) is 0. The minimum atomic E-state index is 1.02. The third kappa shape index (κ3) is 4.38. The first-order valence-corrected chi connectivity index (χ1v) is 9.13. The molecule has 1 aliphatic rings. The van der Waals surface area contributed by atoms with Crippen LogP contribution in [0.2, 0.25) is 0 Å². The van der Waals surface area contributed by atoms with Crippen LogP contribution in [-0.4, -0.2) is 47.5 Å². The number of hydrogen-bond acceptors (Lipinski definition) is 4. The highest BCUT2D eigenvalue weighted by atomic mass is 32.1. The van der Waals surface area contributed by atoms with E-state index in [2.05, 4.69) is 57.4 Å². The number of rotatable bonds is 6. The molecule has 0 atom stereocenters. The number of aromatic nitrogens is 1. The summed E-state index contributed by atoms with van der Waals surface area (Å²) in [6, 6.07) is 10.8. The van der Waals surface area contributed by atoms with Crippen LogP contribution in [0.25, 0.3) is 0 Å². The third-order valence-electron chi connectivity index (χ3n) is 4.31. The molecule has 0 radical (unpaired) electrons. The summed E-state index contributed by atoms with van der Waals surface area (Å²) in [7, 11) is 0. The molecule has 0 amide bonds. The molecule has 118 valence electrons. The van der Waals surface area contributed by atoms with Gasteiger partial charge in [-0.25, -0.2) is 4.98 Å². The van der Waals surface area contributed by atoms with Gasteiger partial charge in [0.1, 0.15) is 0 Å². The largest absolute Gasteiger partial charge is 0.300 e. The van der Waals surface area contributed by atoms with E-state index in [-0.39, 0.29) is 0 Å². The lowest BCUT2D eigenvalue weighted by atomic mass is 10.1. The first-order valence-electron chi connectivity index (χ1n) is 8.25. The highest BCUT2D eigenvalue weighted by molar-refractivity contribution is 7.09. The fourth-order valence-corrected chi connectivity index (χ4v) is 3.65. The highest BCUT2D eigenvalue weighted by Gasteiger charge is 2.17. The Morgan fingerprint density at radius 1 is 1.05 bits per heavy atom. The predicted octanol–water partition coefficient (Wildman–Crippen LogP) is 3.07. The number of thiazole rings is 1. The van der Waals surface area contributed by atoms with E-state index >= 15 is 0 Å². The maximum absolute atomic E-state index is 4.68. The Balaban J connectivity index is 1.40. The second-order valence-electron chi connectivity index (χ2n) is 5.94. The SMILES string of the molecule is CCc1nc(CN2CCN(CCc3ccccc3)CC2)cs1. The van der Waals surface area contributed by atoms with Crippen LogP contribution in [0.15, 0.2) is 35.7 Å². The molecule has 22 heavy (non-hydrogen) atoms. The van der Waals surface area contributed by atoms with Crippen LogP contribution >= 0.6 is 11.3 Å². The van der Waals surface area contributed by atoms with Crippen LogP contribution in [0.1, 0.15) is 23.2 Å². The molecular weight excluding hydrogens is 290 g/mol. The molecule has 3 rings (SSSR count). The van der Waals surface area contributed by atoms with E-state index in [0.29, 0.717) is 0 Å². The summed E-state index contributed by atoms with van der Waals surface area (Å²) in [5.41, 5.74) is 2.69.